The van der Waals surface area contributed by atoms with Crippen LogP contribution in [0, 0.1) is 5.92 Å². The van der Waals surface area contributed by atoms with Crippen molar-refractivity contribution in [2.24, 2.45) is 5.92 Å². The second kappa shape index (κ2) is 9.96. The summed E-state index contributed by atoms with van der Waals surface area (Å²) in [4.78, 5) is 13.7. The van der Waals surface area contributed by atoms with Crippen LogP contribution in [0.4, 0.5) is 4.79 Å². The minimum Gasteiger partial charge on any atom is -0.497 e. The van der Waals surface area contributed by atoms with Gasteiger partial charge in [0, 0.05) is 24.7 Å². The van der Waals surface area contributed by atoms with Crippen LogP contribution in [0.1, 0.15) is 31.4 Å². The van der Waals surface area contributed by atoms with E-state index in [0.29, 0.717) is 13.2 Å². The summed E-state index contributed by atoms with van der Waals surface area (Å²) in [6.45, 7) is 6.73. The summed E-state index contributed by atoms with van der Waals surface area (Å²) in [5.41, 5.74) is 1.85. The van der Waals surface area contributed by atoms with E-state index in [1.807, 2.05) is 44.2 Å². The van der Waals surface area contributed by atoms with Gasteiger partial charge in [-0.3, -0.25) is 4.90 Å². The number of rotatable bonds is 9. The van der Waals surface area contributed by atoms with E-state index >= 15 is 0 Å². The summed E-state index contributed by atoms with van der Waals surface area (Å²) in [6.07, 6.45) is -0.0939. The molecule has 2 aromatic carbocycles. The van der Waals surface area contributed by atoms with Gasteiger partial charge in [0.2, 0.25) is 0 Å². The standard InChI is InChI=1S/C24H32N2O4/c1-24(2,25-23(27)28)20-13-21(17-30-16-19-7-5-4-6-8-19)26(15-20)14-18-9-11-22(29-3)12-10-18/h4-12,20-21,25H,13-17H2,1-3H3,(H,27,28)/t20-,21-/m0/s1. The topological polar surface area (TPSA) is 71.0 Å². The highest BCUT2D eigenvalue weighted by Crippen LogP contribution is 2.33. The molecule has 0 bridgehead atoms. The molecule has 1 amide bonds. The molecule has 2 atom stereocenters. The molecule has 162 valence electrons. The Morgan fingerprint density at radius 2 is 1.83 bits per heavy atom. The lowest BCUT2D eigenvalue weighted by Gasteiger charge is -2.31. The third-order valence-corrected chi connectivity index (χ3v) is 5.94. The Hall–Kier alpha value is -2.57. The van der Waals surface area contributed by atoms with Crippen LogP contribution in [0.25, 0.3) is 0 Å². The van der Waals surface area contributed by atoms with Crippen molar-refractivity contribution < 1.29 is 19.4 Å². The number of ether oxygens (including phenoxy) is 2. The summed E-state index contributed by atoms with van der Waals surface area (Å²) < 4.78 is 11.3. The van der Waals surface area contributed by atoms with E-state index in [0.717, 1.165) is 30.8 Å². The Kier molecular flexibility index (Phi) is 7.34. The van der Waals surface area contributed by atoms with Gasteiger partial charge in [0.1, 0.15) is 5.75 Å². The number of nitrogens with one attached hydrogen (secondary N) is 1. The molecule has 0 radical (unpaired) electrons. The Labute approximate surface area is 178 Å². The van der Waals surface area contributed by atoms with Crippen LogP contribution in [-0.2, 0) is 17.9 Å². The number of hydrogen-bond donors (Lipinski definition) is 2. The third-order valence-electron chi connectivity index (χ3n) is 5.94. The summed E-state index contributed by atoms with van der Waals surface area (Å²) in [5.74, 6) is 1.05. The minimum absolute atomic E-state index is 0.206. The zero-order chi connectivity index (χ0) is 21.6. The molecule has 1 heterocycles. The predicted molar refractivity (Wildman–Crippen MR) is 117 cm³/mol. The Bertz CT molecular complexity index is 808. The van der Waals surface area contributed by atoms with Crippen molar-refractivity contribution in [3.63, 3.8) is 0 Å². The molecule has 6 nitrogen and oxygen atoms in total. The molecule has 6 heteroatoms. The van der Waals surface area contributed by atoms with Gasteiger partial charge in [0.15, 0.2) is 0 Å². The smallest absolute Gasteiger partial charge is 0.405 e. The quantitative estimate of drug-likeness (QED) is 0.647. The maximum absolute atomic E-state index is 11.3. The van der Waals surface area contributed by atoms with Crippen LogP contribution in [0.5, 0.6) is 5.75 Å². The number of carboxylic acid groups (broad SMARTS) is 1. The monoisotopic (exact) mass is 412 g/mol. The number of methoxy groups -OCH3 is 1. The highest BCUT2D eigenvalue weighted by atomic mass is 16.5. The summed E-state index contributed by atoms with van der Waals surface area (Å²) >= 11 is 0. The van der Waals surface area contributed by atoms with Gasteiger partial charge in [0.05, 0.1) is 20.3 Å². The molecular weight excluding hydrogens is 380 g/mol. The van der Waals surface area contributed by atoms with Crippen LogP contribution in [0.2, 0.25) is 0 Å². The normalized spacial score (nSPS) is 19.6. The minimum atomic E-state index is -0.981. The molecule has 0 spiro atoms. The molecule has 2 N–H and O–H groups in total. The average molecular weight is 413 g/mol. The first-order valence-electron chi connectivity index (χ1n) is 10.4. The Balaban J connectivity index is 1.67. The van der Waals surface area contributed by atoms with Crippen LogP contribution in [-0.4, -0.2) is 47.9 Å². The Morgan fingerprint density at radius 1 is 1.13 bits per heavy atom. The number of carbonyl (C=O) groups is 1. The van der Waals surface area contributed by atoms with Crippen molar-refractivity contribution in [2.75, 3.05) is 20.3 Å². The predicted octanol–water partition coefficient (Wildman–Crippen LogP) is 4.15. The Morgan fingerprint density at radius 3 is 2.47 bits per heavy atom. The summed E-state index contributed by atoms with van der Waals surface area (Å²) in [5, 5.41) is 11.9. The molecule has 0 saturated carbocycles. The van der Waals surface area contributed by atoms with E-state index in [9.17, 15) is 9.90 Å². The lowest BCUT2D eigenvalue weighted by molar-refractivity contribution is 0.0643. The molecular formula is C24H32N2O4. The SMILES string of the molecule is COc1ccc(CN2C[C@@H](C(C)(C)NC(=O)O)C[C@H]2COCc2ccccc2)cc1. The second-order valence-electron chi connectivity index (χ2n) is 8.52. The van der Waals surface area contributed by atoms with Gasteiger partial charge in [-0.25, -0.2) is 4.79 Å². The van der Waals surface area contributed by atoms with Crippen LogP contribution in [0.3, 0.4) is 0 Å². The van der Waals surface area contributed by atoms with E-state index < -0.39 is 11.6 Å². The maximum atomic E-state index is 11.3. The third kappa shape index (κ3) is 5.97. The van der Waals surface area contributed by atoms with Crippen LogP contribution in [0.15, 0.2) is 54.6 Å². The molecule has 2 aromatic rings. The maximum Gasteiger partial charge on any atom is 0.405 e. The van der Waals surface area contributed by atoms with Gasteiger partial charge in [-0.15, -0.1) is 0 Å². The summed E-state index contributed by atoms with van der Waals surface area (Å²) in [6, 6.07) is 18.5. The molecule has 1 fully saturated rings. The lowest BCUT2D eigenvalue weighted by atomic mass is 9.85. The molecule has 1 saturated heterocycles. The highest BCUT2D eigenvalue weighted by Gasteiger charge is 2.41. The lowest BCUT2D eigenvalue weighted by Crippen LogP contribution is -2.49. The zero-order valence-electron chi connectivity index (χ0n) is 18.0. The fourth-order valence-corrected chi connectivity index (χ4v) is 4.10. The molecule has 3 rings (SSSR count). The molecule has 1 aliphatic rings. The van der Waals surface area contributed by atoms with Gasteiger partial charge in [-0.2, -0.15) is 0 Å². The zero-order valence-corrected chi connectivity index (χ0v) is 18.0. The number of benzene rings is 2. The average Bonchev–Trinajstić information content (AvgIpc) is 3.12. The van der Waals surface area contributed by atoms with Crippen molar-refractivity contribution in [1.82, 2.24) is 10.2 Å². The number of amides is 1. The van der Waals surface area contributed by atoms with E-state index in [1.165, 1.54) is 5.56 Å². The summed E-state index contributed by atoms with van der Waals surface area (Å²) in [7, 11) is 1.66. The molecule has 0 aromatic heterocycles. The fraction of sp³-hybridized carbons (Fsp3) is 0.458. The first-order valence-corrected chi connectivity index (χ1v) is 10.4. The van der Waals surface area contributed by atoms with Gasteiger partial charge >= 0.3 is 6.09 Å². The van der Waals surface area contributed by atoms with Crippen LogP contribution >= 0.6 is 0 Å². The van der Waals surface area contributed by atoms with E-state index in [4.69, 9.17) is 9.47 Å². The van der Waals surface area contributed by atoms with E-state index in [-0.39, 0.29) is 12.0 Å². The number of hydrogen-bond acceptors (Lipinski definition) is 4. The van der Waals surface area contributed by atoms with Crippen LogP contribution < -0.4 is 10.1 Å². The first-order chi connectivity index (χ1) is 14.4. The number of nitrogens with zero attached hydrogens (tertiary/aromatic N) is 1. The largest absolute Gasteiger partial charge is 0.497 e. The molecule has 0 unspecified atom stereocenters. The first kappa shape index (κ1) is 22.1. The fourth-order valence-electron chi connectivity index (χ4n) is 4.10. The van der Waals surface area contributed by atoms with E-state index in [1.54, 1.807) is 7.11 Å². The molecule has 30 heavy (non-hydrogen) atoms. The highest BCUT2D eigenvalue weighted by molar-refractivity contribution is 5.65. The molecule has 1 aliphatic heterocycles. The van der Waals surface area contributed by atoms with E-state index in [2.05, 4.69) is 34.5 Å². The van der Waals surface area contributed by atoms with Gasteiger partial charge in [-0.05, 0) is 49.4 Å². The van der Waals surface area contributed by atoms with Crippen molar-refractivity contribution >= 4 is 6.09 Å². The van der Waals surface area contributed by atoms with Crippen molar-refractivity contribution in [3.8, 4) is 5.75 Å². The number of likely N-dealkylation sites (tertiary alicyclic amines) is 1. The van der Waals surface area contributed by atoms with Crippen molar-refractivity contribution in [1.29, 1.82) is 0 Å². The van der Waals surface area contributed by atoms with Crippen molar-refractivity contribution in [2.45, 2.75) is 45.0 Å². The van der Waals surface area contributed by atoms with Gasteiger partial charge < -0.3 is 19.9 Å². The van der Waals surface area contributed by atoms with Crippen molar-refractivity contribution in [3.05, 3.63) is 65.7 Å². The van der Waals surface area contributed by atoms with Gasteiger partial charge in [-0.1, -0.05) is 42.5 Å². The van der Waals surface area contributed by atoms with Gasteiger partial charge in [0.25, 0.3) is 0 Å². The molecule has 0 aliphatic carbocycles. The second-order valence-corrected chi connectivity index (χ2v) is 8.52.